The summed E-state index contributed by atoms with van der Waals surface area (Å²) in [5, 5.41) is 13.8. The molecule has 2 aromatic heterocycles. The van der Waals surface area contributed by atoms with Crippen molar-refractivity contribution in [1.82, 2.24) is 25.6 Å². The summed E-state index contributed by atoms with van der Waals surface area (Å²) in [6, 6.07) is 12.8. The van der Waals surface area contributed by atoms with Crippen molar-refractivity contribution in [3.05, 3.63) is 76.9 Å². The average molecular weight is 431 g/mol. The first kappa shape index (κ1) is 20.1. The molecule has 4 aromatic rings. The summed E-state index contributed by atoms with van der Waals surface area (Å²) in [7, 11) is 0. The molecular formula is C20H16F3N5OS. The van der Waals surface area contributed by atoms with Gasteiger partial charge in [-0.25, -0.2) is 4.98 Å². The molecule has 0 atom stereocenters. The molecular weight excluding hydrogens is 415 g/mol. The van der Waals surface area contributed by atoms with Gasteiger partial charge < -0.3 is 4.42 Å². The zero-order chi connectivity index (χ0) is 21.1. The number of benzene rings is 2. The molecule has 0 saturated carbocycles. The van der Waals surface area contributed by atoms with Gasteiger partial charge in [0.15, 0.2) is 5.82 Å². The number of nitrogens with zero attached hydrogens (tertiary/aromatic N) is 4. The van der Waals surface area contributed by atoms with Crippen molar-refractivity contribution in [3.63, 3.8) is 0 Å². The van der Waals surface area contributed by atoms with Gasteiger partial charge in [0.05, 0.1) is 17.0 Å². The largest absolute Gasteiger partial charge is 0.440 e. The Morgan fingerprint density at radius 1 is 1.03 bits per heavy atom. The molecule has 0 aliphatic carbocycles. The van der Waals surface area contributed by atoms with Gasteiger partial charge in [-0.15, -0.1) is 22.0 Å². The van der Waals surface area contributed by atoms with Gasteiger partial charge in [0.1, 0.15) is 5.76 Å². The number of oxazole rings is 1. The molecule has 0 saturated heterocycles. The third-order valence-electron chi connectivity index (χ3n) is 4.40. The molecule has 2 aromatic carbocycles. The molecule has 0 spiro atoms. The van der Waals surface area contributed by atoms with Gasteiger partial charge >= 0.3 is 6.18 Å². The van der Waals surface area contributed by atoms with E-state index in [1.165, 1.54) is 12.1 Å². The molecule has 1 N–H and O–H groups in total. The second-order valence-electron chi connectivity index (χ2n) is 6.54. The highest BCUT2D eigenvalue weighted by atomic mass is 32.2. The first-order valence-electron chi connectivity index (χ1n) is 8.96. The fraction of sp³-hybridized carbons (Fsp3) is 0.200. The van der Waals surface area contributed by atoms with Crippen molar-refractivity contribution in [3.8, 4) is 11.5 Å². The Kier molecular flexibility index (Phi) is 5.58. The maximum absolute atomic E-state index is 12.7. The Hall–Kier alpha value is -3.14. The molecule has 154 valence electrons. The lowest BCUT2D eigenvalue weighted by molar-refractivity contribution is -0.137. The molecule has 2 heterocycles. The van der Waals surface area contributed by atoms with E-state index in [2.05, 4.69) is 25.6 Å². The Balaban J connectivity index is 1.40. The highest BCUT2D eigenvalue weighted by Gasteiger charge is 2.30. The van der Waals surface area contributed by atoms with Gasteiger partial charge in [0, 0.05) is 16.9 Å². The van der Waals surface area contributed by atoms with Gasteiger partial charge in [0.25, 0.3) is 0 Å². The van der Waals surface area contributed by atoms with E-state index in [4.69, 9.17) is 4.42 Å². The molecule has 0 aliphatic heterocycles. The lowest BCUT2D eigenvalue weighted by Gasteiger charge is -2.06. The lowest BCUT2D eigenvalue weighted by Crippen LogP contribution is -2.03. The van der Waals surface area contributed by atoms with Crippen molar-refractivity contribution in [1.29, 1.82) is 0 Å². The minimum absolute atomic E-state index is 0.312. The Morgan fingerprint density at radius 3 is 2.40 bits per heavy atom. The van der Waals surface area contributed by atoms with Crippen LogP contribution in [0.4, 0.5) is 13.2 Å². The van der Waals surface area contributed by atoms with E-state index >= 15 is 0 Å². The Morgan fingerprint density at radius 2 is 1.77 bits per heavy atom. The predicted octanol–water partition coefficient (Wildman–Crippen LogP) is 5.07. The van der Waals surface area contributed by atoms with E-state index < -0.39 is 11.7 Å². The lowest BCUT2D eigenvalue weighted by atomic mass is 10.1. The quantitative estimate of drug-likeness (QED) is 0.430. The van der Waals surface area contributed by atoms with Crippen LogP contribution in [0.5, 0.6) is 0 Å². The first-order valence-corrected chi connectivity index (χ1v) is 9.95. The summed E-state index contributed by atoms with van der Waals surface area (Å²) in [6.07, 6.45) is -3.77. The van der Waals surface area contributed by atoms with Crippen LogP contribution in [0.2, 0.25) is 0 Å². The van der Waals surface area contributed by atoms with E-state index in [9.17, 15) is 13.2 Å². The molecule has 0 unspecified atom stereocenters. The number of halogens is 3. The maximum atomic E-state index is 12.7. The number of rotatable bonds is 6. The van der Waals surface area contributed by atoms with Crippen LogP contribution in [-0.4, -0.2) is 25.6 Å². The van der Waals surface area contributed by atoms with Crippen molar-refractivity contribution < 1.29 is 17.6 Å². The van der Waals surface area contributed by atoms with Crippen LogP contribution >= 0.6 is 11.8 Å². The van der Waals surface area contributed by atoms with E-state index in [1.54, 1.807) is 11.8 Å². The van der Waals surface area contributed by atoms with Gasteiger partial charge in [-0.2, -0.15) is 18.4 Å². The van der Waals surface area contributed by atoms with Crippen molar-refractivity contribution >= 4 is 11.8 Å². The summed E-state index contributed by atoms with van der Waals surface area (Å²) in [6.45, 7) is 1.82. The van der Waals surface area contributed by atoms with Gasteiger partial charge in [-0.3, -0.25) is 0 Å². The fourth-order valence-corrected chi connectivity index (χ4v) is 3.67. The zero-order valence-corrected chi connectivity index (χ0v) is 16.6. The molecule has 0 fully saturated rings. The van der Waals surface area contributed by atoms with Gasteiger partial charge in [-0.1, -0.05) is 17.3 Å². The molecule has 6 nitrogen and oxygen atoms in total. The number of aromatic amines is 1. The third kappa shape index (κ3) is 4.70. The monoisotopic (exact) mass is 431 g/mol. The second-order valence-corrected chi connectivity index (χ2v) is 7.59. The van der Waals surface area contributed by atoms with Crippen LogP contribution in [0, 0.1) is 6.92 Å². The molecule has 0 radical (unpaired) electrons. The second kappa shape index (κ2) is 8.31. The predicted molar refractivity (Wildman–Crippen MR) is 105 cm³/mol. The van der Waals surface area contributed by atoms with E-state index in [0.29, 0.717) is 40.9 Å². The summed E-state index contributed by atoms with van der Waals surface area (Å²) in [4.78, 5) is 5.41. The molecule has 0 aliphatic rings. The van der Waals surface area contributed by atoms with Crippen LogP contribution in [0.15, 0.2) is 57.8 Å². The maximum Gasteiger partial charge on any atom is 0.416 e. The number of alkyl halides is 3. The van der Waals surface area contributed by atoms with E-state index in [-0.39, 0.29) is 0 Å². The number of aromatic nitrogens is 5. The van der Waals surface area contributed by atoms with Gasteiger partial charge in [0.2, 0.25) is 5.89 Å². The highest BCUT2D eigenvalue weighted by Crippen LogP contribution is 2.32. The number of thioether (sulfide) groups is 1. The summed E-state index contributed by atoms with van der Waals surface area (Å²) >= 11 is 1.59. The highest BCUT2D eigenvalue weighted by molar-refractivity contribution is 7.98. The molecule has 0 amide bonds. The molecule has 30 heavy (non-hydrogen) atoms. The summed E-state index contributed by atoms with van der Waals surface area (Å²) < 4.78 is 44.0. The average Bonchev–Trinajstić information content (AvgIpc) is 3.36. The summed E-state index contributed by atoms with van der Waals surface area (Å²) in [5.41, 5.74) is 1.59. The van der Waals surface area contributed by atoms with Crippen LogP contribution in [0.25, 0.3) is 11.5 Å². The minimum Gasteiger partial charge on any atom is -0.440 e. The normalized spacial score (nSPS) is 11.7. The van der Waals surface area contributed by atoms with Crippen LogP contribution in [-0.2, 0) is 18.3 Å². The summed E-state index contributed by atoms with van der Waals surface area (Å²) in [5.74, 6) is 2.19. The van der Waals surface area contributed by atoms with E-state index in [1.807, 2.05) is 31.2 Å². The Bertz CT molecular complexity index is 1110. The SMILES string of the molecule is Cc1nc(-c2ccc(C(F)(F)F)cc2)oc1CSc1ccc(Cc2nn[nH]n2)cc1. The standard InChI is InChI=1S/C20H16F3N5OS/c1-12-17(29-19(24-12)14-4-6-15(7-5-14)20(21,22)23)11-30-16-8-2-13(3-9-16)10-18-25-27-28-26-18/h2-9H,10-11H2,1H3,(H,25,26,27,28). The minimum atomic E-state index is -4.37. The van der Waals surface area contributed by atoms with Crippen molar-refractivity contribution in [2.75, 3.05) is 0 Å². The number of nitrogens with one attached hydrogen (secondary N) is 1. The zero-order valence-electron chi connectivity index (χ0n) is 15.8. The number of tetrazole rings is 1. The third-order valence-corrected chi connectivity index (χ3v) is 5.41. The molecule has 0 bridgehead atoms. The Labute approximate surface area is 173 Å². The van der Waals surface area contributed by atoms with Gasteiger partial charge in [-0.05, 0) is 48.9 Å². The topological polar surface area (TPSA) is 80.5 Å². The molecule has 4 rings (SSSR count). The number of H-pyrrole nitrogens is 1. The molecule has 10 heteroatoms. The number of hydrogen-bond acceptors (Lipinski definition) is 6. The van der Waals surface area contributed by atoms with Crippen molar-refractivity contribution in [2.24, 2.45) is 0 Å². The number of aryl methyl sites for hydroxylation is 1. The van der Waals surface area contributed by atoms with E-state index in [0.717, 1.165) is 22.6 Å². The fourth-order valence-electron chi connectivity index (χ4n) is 2.78. The van der Waals surface area contributed by atoms with Crippen LogP contribution in [0.3, 0.4) is 0 Å². The first-order chi connectivity index (χ1) is 14.4. The van der Waals surface area contributed by atoms with Crippen LogP contribution < -0.4 is 0 Å². The van der Waals surface area contributed by atoms with Crippen molar-refractivity contribution in [2.45, 2.75) is 30.2 Å². The smallest absolute Gasteiger partial charge is 0.416 e. The number of hydrogen-bond donors (Lipinski definition) is 1. The van der Waals surface area contributed by atoms with Crippen LogP contribution in [0.1, 0.15) is 28.4 Å².